The van der Waals surface area contributed by atoms with Gasteiger partial charge in [0.1, 0.15) is 0 Å². The molecule has 1 aromatic carbocycles. The molecule has 3 N–H and O–H groups in total. The zero-order valence-electron chi connectivity index (χ0n) is 11.6. The molecule has 0 aromatic heterocycles. The zero-order chi connectivity index (χ0) is 15.1. The first kappa shape index (κ1) is 16.5. The largest absolute Gasteiger partial charge is 0.481 e. The van der Waals surface area contributed by atoms with E-state index in [0.29, 0.717) is 19.4 Å². The second-order valence-electron chi connectivity index (χ2n) is 4.67. The van der Waals surface area contributed by atoms with Crippen molar-refractivity contribution in [3.05, 3.63) is 27.7 Å². The number of carboxylic acids is 1. The number of rotatable bonds is 6. The molecule has 0 unspecified atom stereocenters. The van der Waals surface area contributed by atoms with Gasteiger partial charge in [-0.25, -0.2) is 4.79 Å². The molecule has 0 bridgehead atoms. The molecule has 0 aliphatic rings. The molecule has 0 spiro atoms. The number of carbonyl (C=O) groups excluding carboxylic acids is 1. The number of hydrogen-bond donors (Lipinski definition) is 3. The Morgan fingerprint density at radius 1 is 1.25 bits per heavy atom. The zero-order valence-corrected chi connectivity index (χ0v) is 13.2. The van der Waals surface area contributed by atoms with Gasteiger partial charge in [-0.2, -0.15) is 0 Å². The summed E-state index contributed by atoms with van der Waals surface area (Å²) in [6.07, 6.45) is 1.34. The van der Waals surface area contributed by atoms with Gasteiger partial charge in [0.15, 0.2) is 0 Å². The topological polar surface area (TPSA) is 78.4 Å². The summed E-state index contributed by atoms with van der Waals surface area (Å²) >= 11 is 3.43. The van der Waals surface area contributed by atoms with Crippen LogP contribution in [-0.2, 0) is 4.79 Å². The predicted octanol–water partition coefficient (Wildman–Crippen LogP) is 3.44. The van der Waals surface area contributed by atoms with E-state index in [4.69, 9.17) is 5.11 Å². The number of unbranched alkanes of at least 4 members (excludes halogenated alkanes) is 1. The molecule has 0 aliphatic heterocycles. The number of amides is 2. The number of carboxylic acid groups (broad SMARTS) is 1. The number of hydrogen-bond acceptors (Lipinski definition) is 2. The number of aliphatic carboxylic acids is 1. The van der Waals surface area contributed by atoms with Gasteiger partial charge in [-0.3, -0.25) is 4.79 Å². The molecule has 0 saturated heterocycles. The summed E-state index contributed by atoms with van der Waals surface area (Å²) < 4.78 is 0.844. The van der Waals surface area contributed by atoms with Crippen molar-refractivity contribution in [3.8, 4) is 0 Å². The minimum absolute atomic E-state index is 0.131. The normalized spacial score (nSPS) is 10.2. The van der Waals surface area contributed by atoms with Crippen LogP contribution < -0.4 is 10.6 Å². The van der Waals surface area contributed by atoms with Gasteiger partial charge < -0.3 is 15.7 Å². The van der Waals surface area contributed by atoms with Gasteiger partial charge in [0.25, 0.3) is 0 Å². The Hall–Kier alpha value is -1.56. The molecule has 2 amide bonds. The van der Waals surface area contributed by atoms with E-state index in [1.54, 1.807) is 0 Å². The molecule has 0 fully saturated rings. The Kier molecular flexibility index (Phi) is 6.51. The van der Waals surface area contributed by atoms with E-state index in [2.05, 4.69) is 26.6 Å². The van der Waals surface area contributed by atoms with Crippen molar-refractivity contribution in [1.82, 2.24) is 5.32 Å². The third kappa shape index (κ3) is 5.61. The Morgan fingerprint density at radius 3 is 2.55 bits per heavy atom. The fourth-order valence-corrected chi connectivity index (χ4v) is 2.61. The summed E-state index contributed by atoms with van der Waals surface area (Å²) in [4.78, 5) is 22.1. The summed E-state index contributed by atoms with van der Waals surface area (Å²) in [5, 5.41) is 14.0. The number of benzene rings is 1. The van der Waals surface area contributed by atoms with Gasteiger partial charge in [-0.05, 0) is 59.8 Å². The molecule has 0 heterocycles. The summed E-state index contributed by atoms with van der Waals surface area (Å²) in [5.74, 6) is -0.811. The van der Waals surface area contributed by atoms with Crippen molar-refractivity contribution in [1.29, 1.82) is 0 Å². The number of aryl methyl sites for hydroxylation is 2. The van der Waals surface area contributed by atoms with Crippen LogP contribution >= 0.6 is 15.9 Å². The van der Waals surface area contributed by atoms with Crippen LogP contribution in [0.5, 0.6) is 0 Å². The van der Waals surface area contributed by atoms with E-state index in [0.717, 1.165) is 21.3 Å². The lowest BCUT2D eigenvalue weighted by atomic mass is 10.1. The van der Waals surface area contributed by atoms with E-state index in [1.165, 1.54) is 0 Å². The molecule has 0 atom stereocenters. The average molecular weight is 343 g/mol. The third-order valence-electron chi connectivity index (χ3n) is 2.77. The molecule has 110 valence electrons. The second-order valence-corrected chi connectivity index (χ2v) is 5.52. The van der Waals surface area contributed by atoms with Crippen LogP contribution in [-0.4, -0.2) is 23.7 Å². The molecule has 0 aliphatic carbocycles. The molecular weight excluding hydrogens is 324 g/mol. The maximum absolute atomic E-state index is 11.7. The number of nitrogens with one attached hydrogen (secondary N) is 2. The van der Waals surface area contributed by atoms with Crippen molar-refractivity contribution in [2.75, 3.05) is 11.9 Å². The summed E-state index contributed by atoms with van der Waals surface area (Å²) in [6.45, 7) is 4.38. The molecule has 0 saturated carbocycles. The van der Waals surface area contributed by atoms with Crippen molar-refractivity contribution in [2.45, 2.75) is 33.1 Å². The lowest BCUT2D eigenvalue weighted by Gasteiger charge is -2.12. The van der Waals surface area contributed by atoms with Crippen LogP contribution in [0.1, 0.15) is 30.4 Å². The molecule has 0 radical (unpaired) electrons. The maximum Gasteiger partial charge on any atom is 0.319 e. The van der Waals surface area contributed by atoms with E-state index in [9.17, 15) is 9.59 Å². The molecule has 1 aromatic rings. The van der Waals surface area contributed by atoms with E-state index < -0.39 is 5.97 Å². The highest BCUT2D eigenvalue weighted by Gasteiger charge is 2.08. The van der Waals surface area contributed by atoms with Gasteiger partial charge in [-0.1, -0.05) is 6.07 Å². The maximum atomic E-state index is 11.7. The quantitative estimate of drug-likeness (QED) is 0.693. The van der Waals surface area contributed by atoms with Crippen molar-refractivity contribution in [2.24, 2.45) is 0 Å². The van der Waals surface area contributed by atoms with Gasteiger partial charge in [0.2, 0.25) is 0 Å². The highest BCUT2D eigenvalue weighted by Crippen LogP contribution is 2.27. The fourth-order valence-electron chi connectivity index (χ4n) is 1.83. The molecular formula is C14H19BrN2O3. The van der Waals surface area contributed by atoms with Crippen molar-refractivity contribution in [3.63, 3.8) is 0 Å². The Balaban J connectivity index is 2.41. The van der Waals surface area contributed by atoms with E-state index >= 15 is 0 Å². The van der Waals surface area contributed by atoms with Gasteiger partial charge in [0.05, 0.1) is 5.69 Å². The van der Waals surface area contributed by atoms with E-state index in [-0.39, 0.29) is 12.5 Å². The highest BCUT2D eigenvalue weighted by atomic mass is 79.9. The number of carbonyl (C=O) groups is 2. The monoisotopic (exact) mass is 342 g/mol. The van der Waals surface area contributed by atoms with Crippen molar-refractivity contribution >= 4 is 33.6 Å². The van der Waals surface area contributed by atoms with Crippen LogP contribution in [0.3, 0.4) is 0 Å². The summed E-state index contributed by atoms with van der Waals surface area (Å²) in [5.41, 5.74) is 2.85. The number of anilines is 1. The minimum atomic E-state index is -0.811. The Morgan fingerprint density at radius 2 is 1.95 bits per heavy atom. The van der Waals surface area contributed by atoms with Gasteiger partial charge in [-0.15, -0.1) is 0 Å². The fraction of sp³-hybridized carbons (Fsp3) is 0.429. The van der Waals surface area contributed by atoms with Crippen LogP contribution in [0.15, 0.2) is 16.6 Å². The van der Waals surface area contributed by atoms with Gasteiger partial charge in [0, 0.05) is 17.4 Å². The van der Waals surface area contributed by atoms with Crippen LogP contribution in [0.2, 0.25) is 0 Å². The number of urea groups is 1. The van der Waals surface area contributed by atoms with Crippen LogP contribution in [0.25, 0.3) is 0 Å². The number of halogens is 1. The van der Waals surface area contributed by atoms with Crippen molar-refractivity contribution < 1.29 is 14.7 Å². The first-order chi connectivity index (χ1) is 9.40. The van der Waals surface area contributed by atoms with Crippen LogP contribution in [0, 0.1) is 13.8 Å². The standard InChI is InChI=1S/C14H19BrN2O3/c1-9-7-10(2)13(11(15)8-9)17-14(20)16-6-4-3-5-12(18)19/h7-8H,3-6H2,1-2H3,(H,18,19)(H2,16,17,20). The molecule has 6 heteroatoms. The Labute approximate surface area is 126 Å². The molecule has 5 nitrogen and oxygen atoms in total. The predicted molar refractivity (Wildman–Crippen MR) is 82.1 cm³/mol. The molecule has 1 rings (SSSR count). The van der Waals surface area contributed by atoms with E-state index in [1.807, 2.05) is 26.0 Å². The summed E-state index contributed by atoms with van der Waals surface area (Å²) in [6, 6.07) is 3.65. The average Bonchev–Trinajstić information content (AvgIpc) is 2.33. The third-order valence-corrected chi connectivity index (χ3v) is 3.40. The highest BCUT2D eigenvalue weighted by molar-refractivity contribution is 9.10. The second kappa shape index (κ2) is 7.89. The van der Waals surface area contributed by atoms with Gasteiger partial charge >= 0.3 is 12.0 Å². The minimum Gasteiger partial charge on any atom is -0.481 e. The molecule has 20 heavy (non-hydrogen) atoms. The first-order valence-corrected chi connectivity index (χ1v) is 7.23. The van der Waals surface area contributed by atoms with Crippen LogP contribution in [0.4, 0.5) is 10.5 Å². The SMILES string of the molecule is Cc1cc(C)c(NC(=O)NCCCCC(=O)O)c(Br)c1. The first-order valence-electron chi connectivity index (χ1n) is 6.43. The summed E-state index contributed by atoms with van der Waals surface area (Å²) in [7, 11) is 0. The lowest BCUT2D eigenvalue weighted by Crippen LogP contribution is -2.30. The Bertz CT molecular complexity index is 480. The lowest BCUT2D eigenvalue weighted by molar-refractivity contribution is -0.137. The smallest absolute Gasteiger partial charge is 0.319 e.